The third kappa shape index (κ3) is 5.32. The minimum absolute atomic E-state index is 0.185. The SMILES string of the molecule is CC(C)c1cccc(C=Cc2csc(NC(=O)c3cccn3Cc3ccncc3)n2)n1. The van der Waals surface area contributed by atoms with Crippen LogP contribution in [-0.4, -0.2) is 25.4 Å². The fourth-order valence-corrected chi connectivity index (χ4v) is 3.75. The second kappa shape index (κ2) is 9.49. The Morgan fingerprint density at radius 1 is 1.06 bits per heavy atom. The monoisotopic (exact) mass is 429 g/mol. The molecule has 0 aliphatic heterocycles. The Balaban J connectivity index is 1.42. The number of aromatic nitrogens is 4. The summed E-state index contributed by atoms with van der Waals surface area (Å²) in [6, 6.07) is 13.6. The maximum absolute atomic E-state index is 12.8. The number of carbonyl (C=O) groups excluding carboxylic acids is 1. The van der Waals surface area contributed by atoms with Crippen molar-refractivity contribution in [3.05, 3.63) is 94.8 Å². The molecule has 156 valence electrons. The smallest absolute Gasteiger partial charge is 0.274 e. The van der Waals surface area contributed by atoms with Crippen LogP contribution in [0.5, 0.6) is 0 Å². The van der Waals surface area contributed by atoms with Crippen LogP contribution in [0.4, 0.5) is 5.13 Å². The number of hydrogen-bond acceptors (Lipinski definition) is 5. The number of anilines is 1. The van der Waals surface area contributed by atoms with Crippen LogP contribution in [0.1, 0.15) is 52.9 Å². The van der Waals surface area contributed by atoms with Crippen molar-refractivity contribution in [1.82, 2.24) is 19.5 Å². The second-order valence-corrected chi connectivity index (χ2v) is 8.24. The van der Waals surface area contributed by atoms with Gasteiger partial charge in [-0.05, 0) is 60.0 Å². The summed E-state index contributed by atoms with van der Waals surface area (Å²) in [4.78, 5) is 25.9. The molecule has 31 heavy (non-hydrogen) atoms. The van der Waals surface area contributed by atoms with E-state index < -0.39 is 0 Å². The number of nitrogens with one attached hydrogen (secondary N) is 1. The molecule has 0 saturated carbocycles. The summed E-state index contributed by atoms with van der Waals surface area (Å²) in [6.45, 7) is 4.85. The van der Waals surface area contributed by atoms with Gasteiger partial charge in [0.2, 0.25) is 0 Å². The standard InChI is InChI=1S/C24H23N5OS/c1-17(2)21-6-3-5-19(26-21)8-9-20-16-31-24(27-20)28-23(30)22-7-4-14-29(22)15-18-10-12-25-13-11-18/h3-14,16-17H,15H2,1-2H3,(H,27,28,30). The van der Waals surface area contributed by atoms with E-state index in [0.717, 1.165) is 22.6 Å². The molecule has 0 spiro atoms. The Morgan fingerprint density at radius 2 is 1.87 bits per heavy atom. The van der Waals surface area contributed by atoms with E-state index in [1.54, 1.807) is 18.5 Å². The Hall–Kier alpha value is -3.58. The highest BCUT2D eigenvalue weighted by Crippen LogP contribution is 2.19. The van der Waals surface area contributed by atoms with Gasteiger partial charge in [0.1, 0.15) is 5.69 Å². The average Bonchev–Trinajstić information content (AvgIpc) is 3.42. The van der Waals surface area contributed by atoms with E-state index in [0.29, 0.717) is 23.3 Å². The molecule has 0 saturated heterocycles. The van der Waals surface area contributed by atoms with Crippen molar-refractivity contribution in [3.8, 4) is 0 Å². The molecule has 0 aliphatic carbocycles. The van der Waals surface area contributed by atoms with Crippen LogP contribution in [0.2, 0.25) is 0 Å². The molecule has 0 radical (unpaired) electrons. The summed E-state index contributed by atoms with van der Waals surface area (Å²) < 4.78 is 1.91. The number of thiazole rings is 1. The van der Waals surface area contributed by atoms with Gasteiger partial charge in [0.25, 0.3) is 5.91 Å². The van der Waals surface area contributed by atoms with Gasteiger partial charge in [0.15, 0.2) is 5.13 Å². The minimum atomic E-state index is -0.185. The summed E-state index contributed by atoms with van der Waals surface area (Å²) >= 11 is 1.40. The molecular weight excluding hydrogens is 406 g/mol. The van der Waals surface area contributed by atoms with Crippen molar-refractivity contribution >= 4 is 34.5 Å². The third-order valence-electron chi connectivity index (χ3n) is 4.72. The van der Waals surface area contributed by atoms with Gasteiger partial charge in [0.05, 0.1) is 11.4 Å². The van der Waals surface area contributed by atoms with Crippen LogP contribution < -0.4 is 5.32 Å². The molecule has 0 fully saturated rings. The normalized spacial score (nSPS) is 11.3. The summed E-state index contributed by atoms with van der Waals surface area (Å²) in [5.41, 5.74) is 4.39. The van der Waals surface area contributed by atoms with E-state index in [1.807, 2.05) is 64.7 Å². The number of nitrogens with zero attached hydrogens (tertiary/aromatic N) is 4. The van der Waals surface area contributed by atoms with Gasteiger partial charge < -0.3 is 4.57 Å². The Labute approximate surface area is 185 Å². The van der Waals surface area contributed by atoms with E-state index in [2.05, 4.69) is 34.1 Å². The zero-order valence-electron chi connectivity index (χ0n) is 17.4. The highest BCUT2D eigenvalue weighted by atomic mass is 32.1. The first-order valence-electron chi connectivity index (χ1n) is 10.0. The van der Waals surface area contributed by atoms with Crippen LogP contribution in [0, 0.1) is 0 Å². The Kier molecular flexibility index (Phi) is 6.33. The molecule has 0 bridgehead atoms. The van der Waals surface area contributed by atoms with E-state index in [-0.39, 0.29) is 5.91 Å². The van der Waals surface area contributed by atoms with E-state index >= 15 is 0 Å². The maximum Gasteiger partial charge on any atom is 0.274 e. The largest absolute Gasteiger partial charge is 0.339 e. The van der Waals surface area contributed by atoms with Crippen molar-refractivity contribution in [2.45, 2.75) is 26.3 Å². The minimum Gasteiger partial charge on any atom is -0.339 e. The quantitative estimate of drug-likeness (QED) is 0.431. The fraction of sp³-hybridized carbons (Fsp3) is 0.167. The molecule has 4 rings (SSSR count). The van der Waals surface area contributed by atoms with Gasteiger partial charge in [-0.25, -0.2) is 4.98 Å². The highest BCUT2D eigenvalue weighted by molar-refractivity contribution is 7.14. The molecule has 0 atom stereocenters. The third-order valence-corrected chi connectivity index (χ3v) is 5.49. The number of amides is 1. The lowest BCUT2D eigenvalue weighted by Gasteiger charge is -2.08. The summed E-state index contributed by atoms with van der Waals surface area (Å²) in [5.74, 6) is 0.196. The van der Waals surface area contributed by atoms with Crippen molar-refractivity contribution in [1.29, 1.82) is 0 Å². The number of pyridine rings is 2. The average molecular weight is 430 g/mol. The Morgan fingerprint density at radius 3 is 2.68 bits per heavy atom. The first-order valence-corrected chi connectivity index (χ1v) is 10.9. The first-order chi connectivity index (χ1) is 15.1. The van der Waals surface area contributed by atoms with E-state index in [1.165, 1.54) is 11.3 Å². The van der Waals surface area contributed by atoms with E-state index in [4.69, 9.17) is 0 Å². The predicted molar refractivity (Wildman–Crippen MR) is 125 cm³/mol. The summed E-state index contributed by atoms with van der Waals surface area (Å²) in [5, 5.41) is 5.37. The molecule has 0 aliphatic rings. The fourth-order valence-electron chi connectivity index (χ4n) is 3.08. The number of hydrogen-bond donors (Lipinski definition) is 1. The highest BCUT2D eigenvalue weighted by Gasteiger charge is 2.13. The maximum atomic E-state index is 12.8. The molecular formula is C24H23N5OS. The molecule has 4 heterocycles. The molecule has 7 heteroatoms. The Bertz CT molecular complexity index is 1190. The molecule has 6 nitrogen and oxygen atoms in total. The molecule has 4 aromatic heterocycles. The van der Waals surface area contributed by atoms with Gasteiger partial charge in [-0.3, -0.25) is 20.1 Å². The summed E-state index contributed by atoms with van der Waals surface area (Å²) in [6.07, 6.45) is 9.23. The van der Waals surface area contributed by atoms with Gasteiger partial charge in [0, 0.05) is 36.2 Å². The lowest BCUT2D eigenvalue weighted by molar-refractivity contribution is 0.101. The molecule has 0 unspecified atom stereocenters. The van der Waals surface area contributed by atoms with Crippen molar-refractivity contribution in [2.75, 3.05) is 5.32 Å². The molecule has 4 aromatic rings. The number of carbonyl (C=O) groups is 1. The van der Waals surface area contributed by atoms with Crippen LogP contribution in [0.3, 0.4) is 0 Å². The first kappa shape index (κ1) is 20.7. The number of rotatable bonds is 7. The van der Waals surface area contributed by atoms with Crippen molar-refractivity contribution < 1.29 is 4.79 Å². The molecule has 1 N–H and O–H groups in total. The van der Waals surface area contributed by atoms with Crippen LogP contribution in [0.25, 0.3) is 12.2 Å². The molecule has 0 aromatic carbocycles. The lowest BCUT2D eigenvalue weighted by Crippen LogP contribution is -2.17. The topological polar surface area (TPSA) is 72.7 Å². The van der Waals surface area contributed by atoms with Gasteiger partial charge >= 0.3 is 0 Å². The van der Waals surface area contributed by atoms with Crippen molar-refractivity contribution in [3.63, 3.8) is 0 Å². The van der Waals surface area contributed by atoms with Crippen LogP contribution in [-0.2, 0) is 6.54 Å². The second-order valence-electron chi connectivity index (χ2n) is 7.38. The van der Waals surface area contributed by atoms with Crippen LogP contribution >= 0.6 is 11.3 Å². The zero-order valence-corrected chi connectivity index (χ0v) is 18.2. The predicted octanol–water partition coefficient (Wildman–Crippen LogP) is 5.33. The van der Waals surface area contributed by atoms with Crippen LogP contribution in [0.15, 0.2) is 66.4 Å². The van der Waals surface area contributed by atoms with Crippen molar-refractivity contribution in [2.24, 2.45) is 0 Å². The van der Waals surface area contributed by atoms with Gasteiger partial charge in [-0.2, -0.15) is 0 Å². The molecule has 1 amide bonds. The zero-order chi connectivity index (χ0) is 21.6. The lowest BCUT2D eigenvalue weighted by atomic mass is 10.1. The van der Waals surface area contributed by atoms with Gasteiger partial charge in [-0.1, -0.05) is 19.9 Å². The van der Waals surface area contributed by atoms with Gasteiger partial charge in [-0.15, -0.1) is 11.3 Å². The van der Waals surface area contributed by atoms with E-state index in [9.17, 15) is 4.79 Å². The summed E-state index contributed by atoms with van der Waals surface area (Å²) in [7, 11) is 0.